The number of nitrogens with two attached hydrogens (primary N) is 1. The van der Waals surface area contributed by atoms with E-state index in [1.54, 1.807) is 0 Å². The van der Waals surface area contributed by atoms with Crippen molar-refractivity contribution in [2.24, 2.45) is 5.73 Å². The highest BCUT2D eigenvalue weighted by atomic mass is 35.5. The number of likely N-dealkylation sites (tertiary alicyclic amines) is 1. The van der Waals surface area contributed by atoms with Gasteiger partial charge >= 0.3 is 0 Å². The van der Waals surface area contributed by atoms with Gasteiger partial charge in [0, 0.05) is 24.7 Å². The van der Waals surface area contributed by atoms with Crippen LogP contribution in [0.25, 0.3) is 11.3 Å². The Morgan fingerprint density at radius 2 is 1.87 bits per heavy atom. The monoisotopic (exact) mass is 353 g/mol. The molecule has 1 aromatic heterocycles. The molecule has 1 saturated heterocycles. The molecule has 0 spiro atoms. The zero-order valence-corrected chi connectivity index (χ0v) is 14.6. The number of carbonyl (C=O) groups is 1. The quantitative estimate of drug-likeness (QED) is 0.902. The number of pyridine rings is 1. The second-order valence-corrected chi connectivity index (χ2v) is 5.50. The van der Waals surface area contributed by atoms with E-state index in [4.69, 9.17) is 5.73 Å². The summed E-state index contributed by atoms with van der Waals surface area (Å²) in [6, 6.07) is 13.9. The highest BCUT2D eigenvalue weighted by molar-refractivity contribution is 5.95. The molecule has 2 aromatic rings. The third kappa shape index (κ3) is 4.22. The Morgan fingerprint density at radius 3 is 2.43 bits per heavy atom. The molecule has 0 aliphatic carbocycles. The van der Waals surface area contributed by atoms with Gasteiger partial charge in [0.15, 0.2) is 0 Å². The molecule has 23 heavy (non-hydrogen) atoms. The summed E-state index contributed by atoms with van der Waals surface area (Å²) in [5, 5.41) is 0. The molecule has 1 fully saturated rings. The van der Waals surface area contributed by atoms with Crippen molar-refractivity contribution in [2.75, 3.05) is 13.1 Å². The molecule has 0 bridgehead atoms. The summed E-state index contributed by atoms with van der Waals surface area (Å²) < 4.78 is 0. The number of carbonyl (C=O) groups excluding carboxylic acids is 1. The number of nitrogens with zero attached hydrogens (tertiary/aromatic N) is 2. The number of benzene rings is 1. The summed E-state index contributed by atoms with van der Waals surface area (Å²) in [6.45, 7) is 3.26. The van der Waals surface area contributed by atoms with E-state index in [9.17, 15) is 4.79 Å². The van der Waals surface area contributed by atoms with E-state index in [1.807, 2.05) is 54.3 Å². The molecule has 0 unspecified atom stereocenters. The first-order valence-electron chi connectivity index (χ1n) is 7.23. The summed E-state index contributed by atoms with van der Waals surface area (Å²) in [7, 11) is 0. The highest BCUT2D eigenvalue weighted by Gasteiger charge is 2.25. The van der Waals surface area contributed by atoms with Crippen LogP contribution in [0.1, 0.15) is 22.5 Å². The number of aromatic nitrogens is 1. The molecule has 124 valence electrons. The van der Waals surface area contributed by atoms with E-state index >= 15 is 0 Å². The maximum absolute atomic E-state index is 12.5. The third-order valence-electron chi connectivity index (χ3n) is 3.90. The smallest absolute Gasteiger partial charge is 0.255 e. The molecular formula is C17H21Cl2N3O. The minimum absolute atomic E-state index is 0. The van der Waals surface area contributed by atoms with Gasteiger partial charge in [0.05, 0.1) is 17.0 Å². The topological polar surface area (TPSA) is 59.2 Å². The van der Waals surface area contributed by atoms with Crippen LogP contribution in [0.4, 0.5) is 0 Å². The van der Waals surface area contributed by atoms with Crippen molar-refractivity contribution in [3.05, 3.63) is 53.7 Å². The lowest BCUT2D eigenvalue weighted by molar-refractivity contribution is 0.0789. The Kier molecular flexibility index (Phi) is 7.01. The van der Waals surface area contributed by atoms with Gasteiger partial charge in [-0.1, -0.05) is 30.3 Å². The predicted octanol–water partition coefficient (Wildman–Crippen LogP) is 3.07. The normalized spacial score (nSPS) is 16.4. The van der Waals surface area contributed by atoms with Gasteiger partial charge in [0.2, 0.25) is 0 Å². The fourth-order valence-electron chi connectivity index (χ4n) is 2.70. The Balaban J connectivity index is 0.00000132. The van der Waals surface area contributed by atoms with E-state index in [0.29, 0.717) is 12.1 Å². The van der Waals surface area contributed by atoms with Crippen LogP contribution in [0.3, 0.4) is 0 Å². The molecule has 1 atom stereocenters. The van der Waals surface area contributed by atoms with Crippen molar-refractivity contribution in [1.29, 1.82) is 0 Å². The minimum atomic E-state index is 0. The zero-order chi connectivity index (χ0) is 14.8. The number of rotatable bonds is 2. The van der Waals surface area contributed by atoms with Gasteiger partial charge in [-0.2, -0.15) is 0 Å². The van der Waals surface area contributed by atoms with E-state index in [0.717, 1.165) is 29.9 Å². The number of hydrogen-bond donors (Lipinski definition) is 1. The molecule has 1 aliphatic rings. The fourth-order valence-corrected chi connectivity index (χ4v) is 2.70. The zero-order valence-electron chi connectivity index (χ0n) is 12.9. The molecule has 1 amide bonds. The predicted molar refractivity (Wildman–Crippen MR) is 97.4 cm³/mol. The van der Waals surface area contributed by atoms with Crippen LogP contribution < -0.4 is 5.73 Å². The van der Waals surface area contributed by atoms with Crippen molar-refractivity contribution in [3.8, 4) is 11.3 Å². The van der Waals surface area contributed by atoms with Crippen LogP contribution in [0.15, 0.2) is 42.5 Å². The summed E-state index contributed by atoms with van der Waals surface area (Å²) in [5.74, 6) is 0.0348. The summed E-state index contributed by atoms with van der Waals surface area (Å²) >= 11 is 0. The van der Waals surface area contributed by atoms with Gasteiger partial charge in [0.25, 0.3) is 5.91 Å². The van der Waals surface area contributed by atoms with Crippen LogP contribution in [-0.4, -0.2) is 34.9 Å². The average Bonchev–Trinajstić information content (AvgIpc) is 2.94. The number of halogens is 2. The van der Waals surface area contributed by atoms with Crippen LogP contribution >= 0.6 is 24.8 Å². The SMILES string of the molecule is Cc1nc(-c2ccccc2)ccc1C(=O)N1CC[C@@H](N)C1.Cl.Cl. The first-order chi connectivity index (χ1) is 10.1. The molecule has 3 rings (SSSR count). The standard InChI is InChI=1S/C17H19N3O.2ClH/c1-12-15(17(21)20-10-9-14(18)11-20)7-8-16(19-12)13-5-3-2-4-6-13;;/h2-8,14H,9-11,18H2,1H3;2*1H/t14-;;/m1../s1. The molecule has 2 N–H and O–H groups in total. The van der Waals surface area contributed by atoms with Crippen molar-refractivity contribution in [3.63, 3.8) is 0 Å². The van der Waals surface area contributed by atoms with Crippen molar-refractivity contribution in [1.82, 2.24) is 9.88 Å². The lowest BCUT2D eigenvalue weighted by Gasteiger charge is -2.17. The lowest BCUT2D eigenvalue weighted by atomic mass is 10.1. The average molecular weight is 354 g/mol. The third-order valence-corrected chi connectivity index (χ3v) is 3.90. The lowest BCUT2D eigenvalue weighted by Crippen LogP contribution is -2.32. The Labute approximate surface area is 148 Å². The second-order valence-electron chi connectivity index (χ2n) is 5.50. The molecule has 4 nitrogen and oxygen atoms in total. The summed E-state index contributed by atoms with van der Waals surface area (Å²) in [5.41, 5.74) is 9.26. The Morgan fingerprint density at radius 1 is 1.17 bits per heavy atom. The summed E-state index contributed by atoms with van der Waals surface area (Å²) in [4.78, 5) is 18.9. The molecule has 1 aliphatic heterocycles. The molecule has 6 heteroatoms. The van der Waals surface area contributed by atoms with Gasteiger partial charge in [-0.25, -0.2) is 0 Å². The first-order valence-corrected chi connectivity index (χ1v) is 7.23. The maximum atomic E-state index is 12.5. The molecular weight excluding hydrogens is 333 g/mol. The van der Waals surface area contributed by atoms with Crippen LogP contribution in [0.5, 0.6) is 0 Å². The molecule has 0 radical (unpaired) electrons. The van der Waals surface area contributed by atoms with Gasteiger partial charge < -0.3 is 10.6 Å². The minimum Gasteiger partial charge on any atom is -0.337 e. The number of hydrogen-bond acceptors (Lipinski definition) is 3. The van der Waals surface area contributed by atoms with Gasteiger partial charge in [0.1, 0.15) is 0 Å². The van der Waals surface area contributed by atoms with Gasteiger partial charge in [-0.05, 0) is 25.5 Å². The largest absolute Gasteiger partial charge is 0.337 e. The number of amides is 1. The fraction of sp³-hybridized carbons (Fsp3) is 0.294. The van der Waals surface area contributed by atoms with Gasteiger partial charge in [-0.3, -0.25) is 9.78 Å². The Bertz CT molecular complexity index is 664. The van der Waals surface area contributed by atoms with Crippen molar-refractivity contribution in [2.45, 2.75) is 19.4 Å². The number of aryl methyl sites for hydroxylation is 1. The second kappa shape index (κ2) is 8.29. The highest BCUT2D eigenvalue weighted by Crippen LogP contribution is 2.20. The summed E-state index contributed by atoms with van der Waals surface area (Å²) in [6.07, 6.45) is 0.875. The van der Waals surface area contributed by atoms with E-state index in [2.05, 4.69) is 4.98 Å². The van der Waals surface area contributed by atoms with E-state index in [1.165, 1.54) is 0 Å². The molecule has 2 heterocycles. The Hall–Kier alpha value is -1.62. The van der Waals surface area contributed by atoms with E-state index < -0.39 is 0 Å². The first kappa shape index (κ1) is 19.4. The van der Waals surface area contributed by atoms with Crippen LogP contribution in [-0.2, 0) is 0 Å². The van der Waals surface area contributed by atoms with Crippen LogP contribution in [0.2, 0.25) is 0 Å². The van der Waals surface area contributed by atoms with E-state index in [-0.39, 0.29) is 36.8 Å². The van der Waals surface area contributed by atoms with Crippen molar-refractivity contribution >= 4 is 30.7 Å². The van der Waals surface area contributed by atoms with Crippen molar-refractivity contribution < 1.29 is 4.79 Å². The van der Waals surface area contributed by atoms with Gasteiger partial charge in [-0.15, -0.1) is 24.8 Å². The molecule has 1 aromatic carbocycles. The maximum Gasteiger partial charge on any atom is 0.255 e. The van der Waals surface area contributed by atoms with Crippen LogP contribution in [0, 0.1) is 6.92 Å². The molecule has 0 saturated carbocycles.